The van der Waals surface area contributed by atoms with Gasteiger partial charge in [-0.3, -0.25) is 14.4 Å². The van der Waals surface area contributed by atoms with Crippen LogP contribution in [0.2, 0.25) is 0 Å². The summed E-state index contributed by atoms with van der Waals surface area (Å²) in [7, 11) is 0. The highest BCUT2D eigenvalue weighted by Gasteiger charge is 2.30. The lowest BCUT2D eigenvalue weighted by Crippen LogP contribution is -2.57. The summed E-state index contributed by atoms with van der Waals surface area (Å²) in [5.41, 5.74) is 19.6. The lowest BCUT2D eigenvalue weighted by molar-refractivity contribution is -0.132. The van der Waals surface area contributed by atoms with Crippen LogP contribution in [-0.2, 0) is 27.2 Å². The van der Waals surface area contributed by atoms with Gasteiger partial charge in [-0.15, -0.1) is 0 Å². The molecule has 0 saturated carbocycles. The molecule has 11 nitrogen and oxygen atoms in total. The van der Waals surface area contributed by atoms with Crippen molar-refractivity contribution in [1.29, 1.82) is 0 Å². The molecule has 1 heterocycles. The quantitative estimate of drug-likeness (QED) is 0.239. The number of hydrogen-bond acceptors (Lipinski definition) is 8. The topological polar surface area (TPSA) is 206 Å². The minimum absolute atomic E-state index is 0.0116. The van der Waals surface area contributed by atoms with Gasteiger partial charge >= 0.3 is 0 Å². The molecular formula is C28H40N6O5. The molecule has 11 N–H and O–H groups in total. The van der Waals surface area contributed by atoms with Crippen LogP contribution >= 0.6 is 0 Å². The van der Waals surface area contributed by atoms with Gasteiger partial charge in [0.05, 0.1) is 6.04 Å². The van der Waals surface area contributed by atoms with Gasteiger partial charge in [0.15, 0.2) is 0 Å². The van der Waals surface area contributed by atoms with Crippen molar-refractivity contribution in [2.45, 2.75) is 57.7 Å². The maximum atomic E-state index is 13.4. The molecule has 0 fully saturated rings. The predicted octanol–water partition coefficient (Wildman–Crippen LogP) is 0.000300. The molecule has 3 rings (SSSR count). The molecule has 4 bridgehead atoms. The average Bonchev–Trinajstić information content (AvgIpc) is 2.91. The lowest BCUT2D eigenvalue weighted by Gasteiger charge is -2.27. The van der Waals surface area contributed by atoms with Crippen LogP contribution in [0.3, 0.4) is 0 Å². The summed E-state index contributed by atoms with van der Waals surface area (Å²) in [4.78, 5) is 39.7. The minimum atomic E-state index is -1.06. The van der Waals surface area contributed by atoms with Crippen LogP contribution in [0.15, 0.2) is 36.4 Å². The van der Waals surface area contributed by atoms with E-state index >= 15 is 0 Å². The number of nitrogens with one attached hydrogen (secondary N) is 3. The van der Waals surface area contributed by atoms with Gasteiger partial charge in [-0.05, 0) is 77.9 Å². The molecule has 11 heteroatoms. The highest BCUT2D eigenvalue weighted by atomic mass is 16.3. The summed E-state index contributed by atoms with van der Waals surface area (Å²) in [5.74, 6) is -1.65. The molecule has 0 spiro atoms. The first kappa shape index (κ1) is 29.9. The van der Waals surface area contributed by atoms with Gasteiger partial charge in [0.25, 0.3) is 0 Å². The van der Waals surface area contributed by atoms with Gasteiger partial charge in [-0.25, -0.2) is 0 Å². The molecule has 0 saturated heterocycles. The number of aromatic hydroxyl groups is 2. The Hall–Kier alpha value is -3.67. The molecule has 1 aliphatic heterocycles. The molecule has 0 radical (unpaired) electrons. The van der Waals surface area contributed by atoms with Gasteiger partial charge in [-0.1, -0.05) is 26.0 Å². The number of phenols is 2. The SMILES string of the molecule is CC(C)(CN)CNC(=O)[C@H]1Cc2cc(ccc2O)-c2ccc(O)c(c2)C[C@H](N)C(=O)N[C@H](CCCN)C(=O)N1. The largest absolute Gasteiger partial charge is 0.508 e. The van der Waals surface area contributed by atoms with Crippen LogP contribution in [0.4, 0.5) is 0 Å². The Balaban J connectivity index is 2.06. The fourth-order valence-electron chi connectivity index (χ4n) is 4.28. The lowest BCUT2D eigenvalue weighted by atomic mass is 9.93. The Bertz CT molecular complexity index is 1200. The number of benzene rings is 2. The van der Waals surface area contributed by atoms with Crippen LogP contribution in [0.1, 0.15) is 37.8 Å². The summed E-state index contributed by atoms with van der Waals surface area (Å²) in [6.07, 6.45) is 0.698. The summed E-state index contributed by atoms with van der Waals surface area (Å²) in [6, 6.07) is 6.82. The van der Waals surface area contributed by atoms with Gasteiger partial charge < -0.3 is 43.4 Å². The molecule has 1 aliphatic rings. The van der Waals surface area contributed by atoms with E-state index in [0.29, 0.717) is 36.2 Å². The smallest absolute Gasteiger partial charge is 0.243 e. The van der Waals surface area contributed by atoms with E-state index in [1.54, 1.807) is 24.3 Å². The van der Waals surface area contributed by atoms with Crippen LogP contribution in [0.25, 0.3) is 11.1 Å². The molecule has 39 heavy (non-hydrogen) atoms. The average molecular weight is 541 g/mol. The minimum Gasteiger partial charge on any atom is -0.508 e. The van der Waals surface area contributed by atoms with Crippen LogP contribution < -0.4 is 33.2 Å². The third-order valence-corrected chi connectivity index (χ3v) is 6.95. The molecule has 3 amide bonds. The molecule has 2 aromatic rings. The van der Waals surface area contributed by atoms with Crippen molar-refractivity contribution in [2.24, 2.45) is 22.6 Å². The molecule has 2 aromatic carbocycles. The summed E-state index contributed by atoms with van der Waals surface area (Å²) in [5, 5.41) is 29.4. The Morgan fingerprint density at radius 1 is 0.974 bits per heavy atom. The Labute approximate surface area is 228 Å². The fraction of sp³-hybridized carbons (Fsp3) is 0.464. The van der Waals surface area contributed by atoms with Gasteiger partial charge in [0.1, 0.15) is 23.6 Å². The van der Waals surface area contributed by atoms with Crippen molar-refractivity contribution in [3.05, 3.63) is 47.5 Å². The normalized spacial score (nSPS) is 20.3. The van der Waals surface area contributed by atoms with Crippen molar-refractivity contribution in [2.75, 3.05) is 19.6 Å². The molecule has 0 unspecified atom stereocenters. The second-order valence-corrected chi connectivity index (χ2v) is 10.8. The molecular weight excluding hydrogens is 500 g/mol. The molecule has 212 valence electrons. The van der Waals surface area contributed by atoms with E-state index in [2.05, 4.69) is 16.0 Å². The second kappa shape index (κ2) is 12.9. The van der Waals surface area contributed by atoms with Gasteiger partial charge in [0.2, 0.25) is 17.7 Å². The molecule has 3 atom stereocenters. The zero-order chi connectivity index (χ0) is 28.7. The number of carbonyl (C=O) groups is 3. The Morgan fingerprint density at radius 2 is 1.56 bits per heavy atom. The Morgan fingerprint density at radius 3 is 2.13 bits per heavy atom. The Kier molecular flexibility index (Phi) is 9.90. The summed E-state index contributed by atoms with van der Waals surface area (Å²) >= 11 is 0. The predicted molar refractivity (Wildman–Crippen MR) is 149 cm³/mol. The maximum absolute atomic E-state index is 13.4. The summed E-state index contributed by atoms with van der Waals surface area (Å²) in [6.45, 7) is 4.73. The van der Waals surface area contributed by atoms with E-state index in [-0.39, 0.29) is 42.7 Å². The first-order valence-electron chi connectivity index (χ1n) is 13.1. The van der Waals surface area contributed by atoms with Crippen LogP contribution in [0, 0.1) is 5.41 Å². The third kappa shape index (κ3) is 7.92. The number of hydrogen-bond donors (Lipinski definition) is 8. The molecule has 0 aliphatic carbocycles. The number of rotatable bonds is 7. The van der Waals surface area contributed by atoms with Crippen molar-refractivity contribution in [1.82, 2.24) is 16.0 Å². The second-order valence-electron chi connectivity index (χ2n) is 10.8. The third-order valence-electron chi connectivity index (χ3n) is 6.95. The van der Waals surface area contributed by atoms with Gasteiger partial charge in [-0.2, -0.15) is 0 Å². The zero-order valence-electron chi connectivity index (χ0n) is 22.5. The van der Waals surface area contributed by atoms with E-state index in [1.165, 1.54) is 12.1 Å². The van der Waals surface area contributed by atoms with Gasteiger partial charge in [0, 0.05) is 19.4 Å². The van der Waals surface area contributed by atoms with E-state index in [0.717, 1.165) is 5.56 Å². The van der Waals surface area contributed by atoms with E-state index < -0.39 is 35.8 Å². The van der Waals surface area contributed by atoms with Crippen molar-refractivity contribution < 1.29 is 24.6 Å². The zero-order valence-corrected chi connectivity index (χ0v) is 22.5. The standard InChI is InChI=1S/C28H40N6O5/c1-28(2,14-30)15-32-26(38)22-13-19-11-17(6-8-24(19)36)16-5-7-23(35)18(10-16)12-20(31)25(37)33-21(4-3-9-29)27(39)34-22/h5-8,10-11,20-22,35-36H,3-4,9,12-15,29-31H2,1-2H3,(H,32,38)(H,33,37)(H,34,39)/t20-,21+,22+/m0/s1. The van der Waals surface area contributed by atoms with Crippen LogP contribution in [0.5, 0.6) is 11.5 Å². The maximum Gasteiger partial charge on any atom is 0.243 e. The fourth-order valence-corrected chi connectivity index (χ4v) is 4.28. The highest BCUT2D eigenvalue weighted by molar-refractivity contribution is 5.93. The highest BCUT2D eigenvalue weighted by Crippen LogP contribution is 2.31. The number of amides is 3. The first-order chi connectivity index (χ1) is 18.4. The van der Waals surface area contributed by atoms with E-state index in [1.807, 2.05) is 13.8 Å². The number of fused-ring (bicyclic) bond motifs is 5. The number of phenolic OH excluding ortho intramolecular Hbond substituents is 2. The van der Waals surface area contributed by atoms with Crippen molar-refractivity contribution in [3.63, 3.8) is 0 Å². The van der Waals surface area contributed by atoms with E-state index in [9.17, 15) is 24.6 Å². The monoisotopic (exact) mass is 540 g/mol. The molecule has 0 aromatic heterocycles. The number of nitrogens with two attached hydrogens (primary N) is 3. The first-order valence-corrected chi connectivity index (χ1v) is 13.1. The summed E-state index contributed by atoms with van der Waals surface area (Å²) < 4.78 is 0. The van der Waals surface area contributed by atoms with Crippen LogP contribution in [-0.4, -0.2) is 65.7 Å². The van der Waals surface area contributed by atoms with E-state index in [4.69, 9.17) is 17.2 Å². The van der Waals surface area contributed by atoms with Crippen molar-refractivity contribution in [3.8, 4) is 22.6 Å². The van der Waals surface area contributed by atoms with Crippen molar-refractivity contribution >= 4 is 17.7 Å². The number of carbonyl (C=O) groups excluding carboxylic acids is 3.